The molecule has 2 aromatic rings. The third-order valence-corrected chi connectivity index (χ3v) is 4.95. The first-order valence-electron chi connectivity index (χ1n) is 9.03. The van der Waals surface area contributed by atoms with Crippen LogP contribution in [0, 0.1) is 0 Å². The molecule has 1 aliphatic rings. The zero-order chi connectivity index (χ0) is 18.7. The fraction of sp³-hybridized carbons (Fsp3) is 0.381. The molecule has 0 bridgehead atoms. The fourth-order valence-electron chi connectivity index (χ4n) is 3.60. The standard InChI is InChI=1S/C21H26N2O3/c1-14-5-4-6-15(2)23(14)21(24)12-9-17-8-11-20(26-17)18-13-16(22)7-10-19(18)25-3/h7-15H,4-6,22H2,1-3H3/b12-9+. The molecule has 2 unspecified atom stereocenters. The number of furan rings is 1. The Hall–Kier alpha value is -2.69. The zero-order valence-corrected chi connectivity index (χ0v) is 15.6. The van der Waals surface area contributed by atoms with Gasteiger partial charge in [0.2, 0.25) is 5.91 Å². The smallest absolute Gasteiger partial charge is 0.247 e. The van der Waals surface area contributed by atoms with Crippen LogP contribution in [0.3, 0.4) is 0 Å². The summed E-state index contributed by atoms with van der Waals surface area (Å²) >= 11 is 0. The lowest BCUT2D eigenvalue weighted by molar-refractivity contribution is -0.131. The van der Waals surface area contributed by atoms with Crippen LogP contribution in [0.4, 0.5) is 5.69 Å². The van der Waals surface area contributed by atoms with E-state index in [-0.39, 0.29) is 18.0 Å². The van der Waals surface area contributed by atoms with Gasteiger partial charge in [0.25, 0.3) is 0 Å². The molecule has 0 radical (unpaired) electrons. The van der Waals surface area contributed by atoms with Gasteiger partial charge in [0.1, 0.15) is 17.3 Å². The number of nitrogen functional groups attached to an aromatic ring is 1. The van der Waals surface area contributed by atoms with Crippen molar-refractivity contribution in [2.24, 2.45) is 0 Å². The Morgan fingerprint density at radius 3 is 2.65 bits per heavy atom. The molecule has 26 heavy (non-hydrogen) atoms. The van der Waals surface area contributed by atoms with Gasteiger partial charge in [-0.05, 0) is 69.5 Å². The first-order valence-corrected chi connectivity index (χ1v) is 9.03. The summed E-state index contributed by atoms with van der Waals surface area (Å²) in [4.78, 5) is 14.5. The second-order valence-corrected chi connectivity index (χ2v) is 6.87. The van der Waals surface area contributed by atoms with E-state index in [1.807, 2.05) is 29.2 Å². The summed E-state index contributed by atoms with van der Waals surface area (Å²) in [7, 11) is 1.61. The van der Waals surface area contributed by atoms with E-state index in [1.54, 1.807) is 25.3 Å². The van der Waals surface area contributed by atoms with Gasteiger partial charge >= 0.3 is 0 Å². The van der Waals surface area contributed by atoms with Crippen molar-refractivity contribution in [3.8, 4) is 17.1 Å². The predicted molar refractivity (Wildman–Crippen MR) is 104 cm³/mol. The van der Waals surface area contributed by atoms with Crippen molar-refractivity contribution in [3.05, 3.63) is 42.2 Å². The van der Waals surface area contributed by atoms with Gasteiger partial charge in [-0.3, -0.25) is 4.79 Å². The molecule has 0 aliphatic carbocycles. The molecule has 0 spiro atoms. The van der Waals surface area contributed by atoms with Gasteiger partial charge in [0.15, 0.2) is 0 Å². The van der Waals surface area contributed by atoms with Gasteiger partial charge in [0, 0.05) is 23.8 Å². The fourth-order valence-corrected chi connectivity index (χ4v) is 3.60. The van der Waals surface area contributed by atoms with Crippen LogP contribution in [0.2, 0.25) is 0 Å². The van der Waals surface area contributed by atoms with E-state index in [9.17, 15) is 4.79 Å². The van der Waals surface area contributed by atoms with Crippen molar-refractivity contribution in [2.45, 2.75) is 45.2 Å². The molecule has 1 saturated heterocycles. The quantitative estimate of drug-likeness (QED) is 0.655. The molecule has 1 amide bonds. The van der Waals surface area contributed by atoms with E-state index in [0.717, 1.165) is 18.4 Å². The number of rotatable bonds is 4. The number of nitrogens with zero attached hydrogens (tertiary/aromatic N) is 1. The Kier molecular flexibility index (Phi) is 5.35. The number of carbonyl (C=O) groups excluding carboxylic acids is 1. The van der Waals surface area contributed by atoms with E-state index < -0.39 is 0 Å². The molecule has 1 aromatic heterocycles. The number of carbonyl (C=O) groups is 1. The molecule has 1 aromatic carbocycles. The van der Waals surface area contributed by atoms with Gasteiger partial charge in [-0.15, -0.1) is 0 Å². The van der Waals surface area contributed by atoms with E-state index in [4.69, 9.17) is 14.9 Å². The molecule has 2 heterocycles. The molecule has 1 fully saturated rings. The third kappa shape index (κ3) is 3.77. The first-order chi connectivity index (χ1) is 12.5. The Balaban J connectivity index is 1.77. The average molecular weight is 354 g/mol. The minimum atomic E-state index is 0.0317. The average Bonchev–Trinajstić information content (AvgIpc) is 3.08. The van der Waals surface area contributed by atoms with Gasteiger partial charge in [-0.2, -0.15) is 0 Å². The van der Waals surface area contributed by atoms with Crippen molar-refractivity contribution >= 4 is 17.7 Å². The number of nitrogens with two attached hydrogens (primary N) is 1. The summed E-state index contributed by atoms with van der Waals surface area (Å²) in [6.45, 7) is 4.22. The number of likely N-dealkylation sites (tertiary alicyclic amines) is 1. The van der Waals surface area contributed by atoms with Crippen LogP contribution < -0.4 is 10.5 Å². The Labute approximate surface area is 154 Å². The summed E-state index contributed by atoms with van der Waals surface area (Å²) in [5.41, 5.74) is 7.30. The molecule has 138 valence electrons. The number of anilines is 1. The Morgan fingerprint density at radius 2 is 1.96 bits per heavy atom. The van der Waals surface area contributed by atoms with Crippen LogP contribution in [0.15, 0.2) is 40.8 Å². The highest BCUT2D eigenvalue weighted by Crippen LogP contribution is 2.33. The normalized spacial score (nSPS) is 20.5. The Bertz CT molecular complexity index is 799. The zero-order valence-electron chi connectivity index (χ0n) is 15.6. The number of ether oxygens (including phenoxy) is 1. The van der Waals surface area contributed by atoms with Crippen LogP contribution in [0.5, 0.6) is 5.75 Å². The molecular formula is C21H26N2O3. The summed E-state index contributed by atoms with van der Waals surface area (Å²) in [6.07, 6.45) is 6.61. The maximum Gasteiger partial charge on any atom is 0.247 e. The molecular weight excluding hydrogens is 328 g/mol. The first kappa shape index (κ1) is 18.1. The third-order valence-electron chi connectivity index (χ3n) is 4.95. The van der Waals surface area contributed by atoms with Crippen LogP contribution in [0.1, 0.15) is 38.9 Å². The molecule has 2 N–H and O–H groups in total. The Morgan fingerprint density at radius 1 is 1.23 bits per heavy atom. The summed E-state index contributed by atoms with van der Waals surface area (Å²) in [6, 6.07) is 9.65. The lowest BCUT2D eigenvalue weighted by Gasteiger charge is -2.38. The molecule has 5 heteroatoms. The number of hydrogen-bond acceptors (Lipinski definition) is 4. The SMILES string of the molecule is COc1ccc(N)cc1-c1ccc(/C=C/C(=O)N2C(C)CCCC2C)o1. The number of piperidine rings is 1. The molecule has 2 atom stereocenters. The number of benzene rings is 1. The molecule has 1 aliphatic heterocycles. The summed E-state index contributed by atoms with van der Waals surface area (Å²) < 4.78 is 11.2. The van der Waals surface area contributed by atoms with Crippen molar-refractivity contribution in [1.29, 1.82) is 0 Å². The van der Waals surface area contributed by atoms with Crippen molar-refractivity contribution in [3.63, 3.8) is 0 Å². The van der Waals surface area contributed by atoms with Gasteiger partial charge < -0.3 is 19.8 Å². The molecule has 3 rings (SSSR count). The topological polar surface area (TPSA) is 68.7 Å². The van der Waals surface area contributed by atoms with Crippen LogP contribution in [-0.2, 0) is 4.79 Å². The van der Waals surface area contributed by atoms with Gasteiger partial charge in [-0.25, -0.2) is 0 Å². The van der Waals surface area contributed by atoms with Crippen LogP contribution in [0.25, 0.3) is 17.4 Å². The number of hydrogen-bond donors (Lipinski definition) is 1. The van der Waals surface area contributed by atoms with Crippen LogP contribution in [-0.4, -0.2) is 30.0 Å². The number of methoxy groups -OCH3 is 1. The van der Waals surface area contributed by atoms with E-state index >= 15 is 0 Å². The maximum absolute atomic E-state index is 12.6. The van der Waals surface area contributed by atoms with Gasteiger partial charge in [-0.1, -0.05) is 0 Å². The van der Waals surface area contributed by atoms with E-state index in [1.165, 1.54) is 6.42 Å². The second kappa shape index (κ2) is 7.68. The minimum Gasteiger partial charge on any atom is -0.496 e. The largest absolute Gasteiger partial charge is 0.496 e. The monoisotopic (exact) mass is 354 g/mol. The summed E-state index contributed by atoms with van der Waals surface area (Å²) in [5.74, 6) is 2.00. The summed E-state index contributed by atoms with van der Waals surface area (Å²) in [5, 5.41) is 0. The maximum atomic E-state index is 12.6. The predicted octanol–water partition coefficient (Wildman–Crippen LogP) is 4.34. The lowest BCUT2D eigenvalue weighted by atomic mass is 9.97. The van der Waals surface area contributed by atoms with Crippen molar-refractivity contribution < 1.29 is 13.9 Å². The highest BCUT2D eigenvalue weighted by molar-refractivity contribution is 5.92. The second-order valence-electron chi connectivity index (χ2n) is 6.87. The van der Waals surface area contributed by atoms with Gasteiger partial charge in [0.05, 0.1) is 12.7 Å². The highest BCUT2D eigenvalue weighted by atomic mass is 16.5. The molecule has 5 nitrogen and oxygen atoms in total. The molecule has 0 saturated carbocycles. The lowest BCUT2D eigenvalue weighted by Crippen LogP contribution is -2.46. The van der Waals surface area contributed by atoms with Crippen molar-refractivity contribution in [1.82, 2.24) is 4.90 Å². The van der Waals surface area contributed by atoms with E-state index in [0.29, 0.717) is 23.0 Å². The highest BCUT2D eigenvalue weighted by Gasteiger charge is 2.27. The van der Waals surface area contributed by atoms with Crippen molar-refractivity contribution in [2.75, 3.05) is 12.8 Å². The minimum absolute atomic E-state index is 0.0317. The number of amides is 1. The van der Waals surface area contributed by atoms with E-state index in [2.05, 4.69) is 13.8 Å². The van der Waals surface area contributed by atoms with Crippen LogP contribution >= 0.6 is 0 Å².